The Kier molecular flexibility index (Phi) is 3.81. The maximum Gasteiger partial charge on any atom is 0.136 e. The molecule has 4 aromatic heterocycles. The van der Waals surface area contributed by atoms with Crippen LogP contribution in [0.2, 0.25) is 0 Å². The van der Waals surface area contributed by atoms with Crippen LogP contribution < -0.4 is 0 Å². The molecule has 4 heterocycles. The van der Waals surface area contributed by atoms with Gasteiger partial charge in [-0.2, -0.15) is 0 Å². The highest BCUT2D eigenvalue weighted by molar-refractivity contribution is 6.07. The molecule has 7 aromatic rings. The molecule has 0 saturated carbocycles. The van der Waals surface area contributed by atoms with E-state index in [1.165, 1.54) is 0 Å². The predicted molar refractivity (Wildman–Crippen MR) is 133 cm³/mol. The van der Waals surface area contributed by atoms with Gasteiger partial charge in [0.2, 0.25) is 0 Å². The van der Waals surface area contributed by atoms with E-state index >= 15 is 0 Å². The number of hydrogen-bond acceptors (Lipinski definition) is 4. The Morgan fingerprint density at radius 2 is 1.30 bits per heavy atom. The van der Waals surface area contributed by atoms with E-state index in [4.69, 9.17) is 4.42 Å². The second-order valence-electron chi connectivity index (χ2n) is 8.14. The topological polar surface area (TPSA) is 51.8 Å². The standard InChI is InChI=1S/C29H17N3O/c1-2-6-26-22(4-1)23-12-11-20(16-27(23)33-26)18-7-9-19(10-8-18)21-13-15-31-28-24(21)17-32-25-5-3-14-30-29(25)28/h1-17H. The van der Waals surface area contributed by atoms with Crippen molar-refractivity contribution in [2.45, 2.75) is 0 Å². The van der Waals surface area contributed by atoms with Crippen molar-refractivity contribution in [3.63, 3.8) is 0 Å². The van der Waals surface area contributed by atoms with E-state index in [1.807, 2.05) is 48.8 Å². The minimum absolute atomic E-state index is 0.826. The van der Waals surface area contributed by atoms with Crippen molar-refractivity contribution in [1.82, 2.24) is 15.0 Å². The summed E-state index contributed by atoms with van der Waals surface area (Å²) in [6, 6.07) is 29.1. The molecule has 0 spiro atoms. The summed E-state index contributed by atoms with van der Waals surface area (Å²) in [7, 11) is 0. The van der Waals surface area contributed by atoms with Gasteiger partial charge in [0.25, 0.3) is 0 Å². The minimum Gasteiger partial charge on any atom is -0.456 e. The summed E-state index contributed by atoms with van der Waals surface area (Å²) >= 11 is 0. The number of pyridine rings is 3. The van der Waals surface area contributed by atoms with Crippen LogP contribution in [0.5, 0.6) is 0 Å². The van der Waals surface area contributed by atoms with Crippen LogP contribution in [0.4, 0.5) is 0 Å². The van der Waals surface area contributed by atoms with Crippen molar-refractivity contribution >= 4 is 43.9 Å². The van der Waals surface area contributed by atoms with Gasteiger partial charge in [0.15, 0.2) is 0 Å². The number of nitrogens with zero attached hydrogens (tertiary/aromatic N) is 3. The van der Waals surface area contributed by atoms with Gasteiger partial charge in [0.1, 0.15) is 22.2 Å². The summed E-state index contributed by atoms with van der Waals surface area (Å²) in [5.74, 6) is 0. The molecule has 0 saturated heterocycles. The molecule has 4 nitrogen and oxygen atoms in total. The second-order valence-corrected chi connectivity index (χ2v) is 8.14. The fourth-order valence-electron chi connectivity index (χ4n) is 4.61. The highest BCUT2D eigenvalue weighted by Crippen LogP contribution is 2.34. The third-order valence-electron chi connectivity index (χ3n) is 6.24. The first-order valence-corrected chi connectivity index (χ1v) is 10.9. The zero-order valence-electron chi connectivity index (χ0n) is 17.6. The van der Waals surface area contributed by atoms with Crippen molar-refractivity contribution in [2.75, 3.05) is 0 Å². The van der Waals surface area contributed by atoms with Gasteiger partial charge in [-0.1, -0.05) is 48.5 Å². The van der Waals surface area contributed by atoms with Crippen molar-refractivity contribution < 1.29 is 4.42 Å². The quantitative estimate of drug-likeness (QED) is 0.272. The van der Waals surface area contributed by atoms with Gasteiger partial charge in [0, 0.05) is 34.7 Å². The summed E-state index contributed by atoms with van der Waals surface area (Å²) in [5, 5.41) is 3.29. The molecule has 0 aliphatic carbocycles. The molecule has 0 bridgehead atoms. The van der Waals surface area contributed by atoms with E-state index < -0.39 is 0 Å². The Balaban J connectivity index is 1.32. The molecule has 0 radical (unpaired) electrons. The molecule has 0 atom stereocenters. The lowest BCUT2D eigenvalue weighted by Crippen LogP contribution is -1.90. The van der Waals surface area contributed by atoms with Crippen LogP contribution in [-0.2, 0) is 0 Å². The smallest absolute Gasteiger partial charge is 0.136 e. The van der Waals surface area contributed by atoms with E-state index in [9.17, 15) is 0 Å². The average Bonchev–Trinajstić information content (AvgIpc) is 3.26. The van der Waals surface area contributed by atoms with Crippen LogP contribution in [0.25, 0.3) is 66.1 Å². The van der Waals surface area contributed by atoms with Crippen LogP contribution in [0, 0.1) is 0 Å². The zero-order valence-corrected chi connectivity index (χ0v) is 17.6. The molecular formula is C29H17N3O. The fourth-order valence-corrected chi connectivity index (χ4v) is 4.61. The minimum atomic E-state index is 0.826. The van der Waals surface area contributed by atoms with Crippen LogP contribution in [-0.4, -0.2) is 15.0 Å². The number of para-hydroxylation sites is 1. The maximum absolute atomic E-state index is 6.07. The molecule has 33 heavy (non-hydrogen) atoms. The number of fused-ring (bicyclic) bond motifs is 6. The highest BCUT2D eigenvalue weighted by atomic mass is 16.3. The SMILES string of the molecule is c1cnc2c(c1)ncc1c(-c3ccc(-c4ccc5c(c4)oc4ccccc45)cc3)ccnc12. The molecule has 154 valence electrons. The van der Waals surface area contributed by atoms with Crippen LogP contribution in [0.3, 0.4) is 0 Å². The van der Waals surface area contributed by atoms with Crippen molar-refractivity contribution in [2.24, 2.45) is 0 Å². The average molecular weight is 423 g/mol. The molecule has 0 amide bonds. The highest BCUT2D eigenvalue weighted by Gasteiger charge is 2.11. The van der Waals surface area contributed by atoms with E-state index in [2.05, 4.69) is 63.5 Å². The van der Waals surface area contributed by atoms with E-state index in [1.54, 1.807) is 6.20 Å². The van der Waals surface area contributed by atoms with Gasteiger partial charge in [-0.25, -0.2) is 0 Å². The third-order valence-corrected chi connectivity index (χ3v) is 6.24. The molecular weight excluding hydrogens is 406 g/mol. The summed E-state index contributed by atoms with van der Waals surface area (Å²) in [4.78, 5) is 13.7. The molecule has 0 aliphatic heterocycles. The predicted octanol–water partition coefficient (Wildman–Crippen LogP) is 7.41. The first-order chi connectivity index (χ1) is 16.3. The van der Waals surface area contributed by atoms with Gasteiger partial charge in [-0.3, -0.25) is 15.0 Å². The summed E-state index contributed by atoms with van der Waals surface area (Å²) < 4.78 is 6.07. The summed E-state index contributed by atoms with van der Waals surface area (Å²) in [6.07, 6.45) is 5.52. The Bertz CT molecular complexity index is 1820. The van der Waals surface area contributed by atoms with Gasteiger partial charge in [-0.15, -0.1) is 0 Å². The fraction of sp³-hybridized carbons (Fsp3) is 0. The lowest BCUT2D eigenvalue weighted by atomic mass is 9.98. The number of aromatic nitrogens is 3. The van der Waals surface area contributed by atoms with Crippen molar-refractivity contribution in [3.05, 3.63) is 104 Å². The first-order valence-electron chi connectivity index (χ1n) is 10.9. The molecule has 4 heteroatoms. The number of furan rings is 1. The molecule has 0 unspecified atom stereocenters. The van der Waals surface area contributed by atoms with E-state index in [0.717, 1.165) is 66.1 Å². The lowest BCUT2D eigenvalue weighted by Gasteiger charge is -2.09. The normalized spacial score (nSPS) is 11.6. The first kappa shape index (κ1) is 18.0. The van der Waals surface area contributed by atoms with Gasteiger partial charge in [-0.05, 0) is 58.7 Å². The summed E-state index contributed by atoms with van der Waals surface area (Å²) in [6.45, 7) is 0. The number of benzene rings is 3. The van der Waals surface area contributed by atoms with Crippen LogP contribution >= 0.6 is 0 Å². The molecule has 7 rings (SSSR count). The molecule has 3 aromatic carbocycles. The third kappa shape index (κ3) is 2.81. The van der Waals surface area contributed by atoms with Crippen molar-refractivity contribution in [1.29, 1.82) is 0 Å². The van der Waals surface area contributed by atoms with Gasteiger partial charge < -0.3 is 4.42 Å². The zero-order chi connectivity index (χ0) is 21.8. The Labute approximate surface area is 189 Å². The number of hydrogen-bond donors (Lipinski definition) is 0. The Morgan fingerprint density at radius 3 is 2.24 bits per heavy atom. The van der Waals surface area contributed by atoms with Crippen molar-refractivity contribution in [3.8, 4) is 22.3 Å². The summed E-state index contributed by atoms with van der Waals surface area (Å²) in [5.41, 5.74) is 8.86. The Morgan fingerprint density at radius 1 is 0.515 bits per heavy atom. The second kappa shape index (κ2) is 6.97. The monoisotopic (exact) mass is 423 g/mol. The van der Waals surface area contributed by atoms with E-state index in [0.29, 0.717) is 0 Å². The van der Waals surface area contributed by atoms with Crippen LogP contribution in [0.15, 0.2) is 108 Å². The van der Waals surface area contributed by atoms with Crippen LogP contribution in [0.1, 0.15) is 0 Å². The van der Waals surface area contributed by atoms with E-state index in [-0.39, 0.29) is 0 Å². The lowest BCUT2D eigenvalue weighted by molar-refractivity contribution is 0.669. The molecule has 0 N–H and O–H groups in total. The maximum atomic E-state index is 6.07. The Hall–Kier alpha value is -4.57. The molecule has 0 aliphatic rings. The number of rotatable bonds is 2. The largest absolute Gasteiger partial charge is 0.456 e. The van der Waals surface area contributed by atoms with Gasteiger partial charge >= 0.3 is 0 Å². The van der Waals surface area contributed by atoms with Gasteiger partial charge in [0.05, 0.1) is 5.52 Å². The molecule has 0 fully saturated rings.